The minimum atomic E-state index is -0.278. The molecule has 20 heavy (non-hydrogen) atoms. The van der Waals surface area contributed by atoms with Gasteiger partial charge in [-0.3, -0.25) is 0 Å². The normalized spacial score (nSPS) is 22.4. The van der Waals surface area contributed by atoms with Gasteiger partial charge in [0.1, 0.15) is 11.5 Å². The number of aromatic hydroxyl groups is 1. The van der Waals surface area contributed by atoms with E-state index in [1.165, 1.54) is 38.5 Å². The maximum Gasteiger partial charge on any atom is 0.343 e. The number of aryl methyl sites for hydroxylation is 1. The molecular formula is C17H22O3. The van der Waals surface area contributed by atoms with Gasteiger partial charge in [0.25, 0.3) is 0 Å². The third-order valence-electron chi connectivity index (χ3n) is 5.11. The highest BCUT2D eigenvalue weighted by atomic mass is 16.4. The molecule has 3 aliphatic carbocycles. The van der Waals surface area contributed by atoms with Crippen LogP contribution in [0, 0.1) is 17.8 Å². The molecule has 0 saturated heterocycles. The van der Waals surface area contributed by atoms with Crippen LogP contribution in [0.5, 0.6) is 5.75 Å². The van der Waals surface area contributed by atoms with Gasteiger partial charge in [0.05, 0.1) is 5.56 Å². The molecule has 1 N–H and O–H groups in total. The van der Waals surface area contributed by atoms with Crippen LogP contribution in [0.15, 0.2) is 15.3 Å². The minimum absolute atomic E-state index is 0.191. The second-order valence-electron chi connectivity index (χ2n) is 6.98. The lowest BCUT2D eigenvalue weighted by molar-refractivity contribution is 0.384. The summed E-state index contributed by atoms with van der Waals surface area (Å²) in [4.78, 5) is 12.3. The maximum absolute atomic E-state index is 12.3. The Morgan fingerprint density at radius 2 is 1.80 bits per heavy atom. The fourth-order valence-electron chi connectivity index (χ4n) is 3.49. The van der Waals surface area contributed by atoms with Crippen LogP contribution in [0.1, 0.15) is 62.2 Å². The number of hydrogen-bond donors (Lipinski definition) is 1. The molecule has 1 aromatic heterocycles. The van der Waals surface area contributed by atoms with Crippen molar-refractivity contribution < 1.29 is 9.52 Å². The van der Waals surface area contributed by atoms with Gasteiger partial charge in [0.2, 0.25) is 0 Å². The van der Waals surface area contributed by atoms with Crippen molar-refractivity contribution in [1.82, 2.24) is 0 Å². The van der Waals surface area contributed by atoms with Crippen LogP contribution in [0.3, 0.4) is 0 Å². The van der Waals surface area contributed by atoms with Crippen molar-refractivity contribution in [2.45, 2.75) is 57.3 Å². The van der Waals surface area contributed by atoms with E-state index < -0.39 is 0 Å². The first-order chi connectivity index (χ1) is 9.72. The smallest absolute Gasteiger partial charge is 0.343 e. The first-order valence-corrected chi connectivity index (χ1v) is 8.08. The zero-order chi connectivity index (χ0) is 13.7. The molecule has 3 heteroatoms. The Hall–Kier alpha value is -1.25. The highest BCUT2D eigenvalue weighted by Gasteiger charge is 2.45. The lowest BCUT2D eigenvalue weighted by atomic mass is 9.90. The first kappa shape index (κ1) is 12.5. The predicted octanol–water partition coefficient (Wildman–Crippen LogP) is 3.59. The molecule has 0 spiro atoms. The molecule has 0 atom stereocenters. The van der Waals surface area contributed by atoms with Crippen molar-refractivity contribution in [2.75, 3.05) is 0 Å². The van der Waals surface area contributed by atoms with E-state index in [0.29, 0.717) is 23.2 Å². The summed E-state index contributed by atoms with van der Waals surface area (Å²) in [5, 5.41) is 10.3. The molecule has 0 unspecified atom stereocenters. The maximum atomic E-state index is 12.3. The lowest BCUT2D eigenvalue weighted by Gasteiger charge is -2.16. The van der Waals surface area contributed by atoms with Crippen molar-refractivity contribution in [3.05, 3.63) is 27.8 Å². The second-order valence-corrected chi connectivity index (χ2v) is 6.98. The quantitative estimate of drug-likeness (QED) is 0.862. The molecule has 108 valence electrons. The molecule has 0 radical (unpaired) electrons. The minimum Gasteiger partial charge on any atom is -0.507 e. The molecule has 3 nitrogen and oxygen atoms in total. The van der Waals surface area contributed by atoms with Crippen LogP contribution in [-0.2, 0) is 6.42 Å². The van der Waals surface area contributed by atoms with Crippen LogP contribution >= 0.6 is 0 Å². The Morgan fingerprint density at radius 1 is 1.15 bits per heavy atom. The summed E-state index contributed by atoms with van der Waals surface area (Å²) in [6.07, 6.45) is 9.26. The van der Waals surface area contributed by atoms with Gasteiger partial charge in [-0.15, -0.1) is 0 Å². The van der Waals surface area contributed by atoms with Crippen molar-refractivity contribution in [3.63, 3.8) is 0 Å². The summed E-state index contributed by atoms with van der Waals surface area (Å²) < 4.78 is 5.49. The highest BCUT2D eigenvalue weighted by molar-refractivity contribution is 5.35. The molecule has 1 heterocycles. The highest BCUT2D eigenvalue weighted by Crippen LogP contribution is 2.55. The van der Waals surface area contributed by atoms with E-state index in [4.69, 9.17) is 4.42 Å². The Balaban J connectivity index is 1.59. The van der Waals surface area contributed by atoms with Crippen molar-refractivity contribution >= 4 is 0 Å². The third kappa shape index (κ3) is 2.50. The summed E-state index contributed by atoms with van der Waals surface area (Å²) in [6, 6.07) is 1.71. The van der Waals surface area contributed by atoms with E-state index >= 15 is 0 Å². The van der Waals surface area contributed by atoms with Gasteiger partial charge in [0.15, 0.2) is 0 Å². The summed E-state index contributed by atoms with van der Waals surface area (Å²) in [7, 11) is 0. The Morgan fingerprint density at radius 3 is 2.30 bits per heavy atom. The monoisotopic (exact) mass is 274 g/mol. The van der Waals surface area contributed by atoms with Crippen LogP contribution in [0.25, 0.3) is 0 Å². The van der Waals surface area contributed by atoms with Crippen LogP contribution in [0.4, 0.5) is 0 Å². The predicted molar refractivity (Wildman–Crippen MR) is 75.9 cm³/mol. The molecule has 1 aromatic rings. The molecule has 0 amide bonds. The van der Waals surface area contributed by atoms with Crippen molar-refractivity contribution in [3.8, 4) is 5.75 Å². The topological polar surface area (TPSA) is 50.4 Å². The largest absolute Gasteiger partial charge is 0.507 e. The van der Waals surface area contributed by atoms with Crippen molar-refractivity contribution in [2.24, 2.45) is 17.8 Å². The molecule has 4 rings (SSSR count). The molecule has 3 saturated carbocycles. The lowest BCUT2D eigenvalue weighted by Crippen LogP contribution is -2.17. The summed E-state index contributed by atoms with van der Waals surface area (Å²) in [5.74, 6) is 3.13. The zero-order valence-electron chi connectivity index (χ0n) is 11.8. The van der Waals surface area contributed by atoms with Crippen LogP contribution in [0.2, 0.25) is 0 Å². The van der Waals surface area contributed by atoms with Gasteiger partial charge in [-0.2, -0.15) is 0 Å². The van der Waals surface area contributed by atoms with E-state index in [2.05, 4.69) is 0 Å². The van der Waals surface area contributed by atoms with Crippen molar-refractivity contribution in [1.29, 1.82) is 0 Å². The van der Waals surface area contributed by atoms with Gasteiger partial charge in [-0.1, -0.05) is 12.8 Å². The van der Waals surface area contributed by atoms with Crippen LogP contribution < -0.4 is 5.63 Å². The fraction of sp³-hybridized carbons (Fsp3) is 0.706. The summed E-state index contributed by atoms with van der Waals surface area (Å²) in [6.45, 7) is 0. The first-order valence-electron chi connectivity index (χ1n) is 8.08. The van der Waals surface area contributed by atoms with E-state index in [9.17, 15) is 9.90 Å². The average Bonchev–Trinajstić information content (AvgIpc) is 3.28. The molecule has 3 fully saturated rings. The Labute approximate surface area is 119 Å². The summed E-state index contributed by atoms with van der Waals surface area (Å²) in [5.41, 5.74) is 0.296. The van der Waals surface area contributed by atoms with Crippen LogP contribution in [-0.4, -0.2) is 5.11 Å². The molecule has 0 aliphatic heterocycles. The number of rotatable bonds is 6. The third-order valence-corrected chi connectivity index (χ3v) is 5.11. The van der Waals surface area contributed by atoms with Gasteiger partial charge < -0.3 is 9.52 Å². The van der Waals surface area contributed by atoms with Gasteiger partial charge in [-0.05, 0) is 49.9 Å². The molecule has 0 aromatic carbocycles. The van der Waals surface area contributed by atoms with E-state index in [1.54, 1.807) is 6.07 Å². The van der Waals surface area contributed by atoms with E-state index in [1.807, 2.05) is 0 Å². The Bertz CT molecular complexity index is 550. The zero-order valence-corrected chi connectivity index (χ0v) is 11.8. The van der Waals surface area contributed by atoms with E-state index in [0.717, 1.165) is 18.8 Å². The molecule has 0 bridgehead atoms. The standard InChI is InChI=1S/C17H22O3/c18-14-9-13(8-3-10-1-2-10)20-17(19)16(14)15(11-4-5-11)12-6-7-12/h9-12,15,18H,1-8H2. The van der Waals surface area contributed by atoms with E-state index in [-0.39, 0.29) is 17.3 Å². The van der Waals surface area contributed by atoms with Gasteiger partial charge in [0, 0.05) is 18.4 Å². The molecular weight excluding hydrogens is 252 g/mol. The molecule has 3 aliphatic rings. The summed E-state index contributed by atoms with van der Waals surface area (Å²) >= 11 is 0. The van der Waals surface area contributed by atoms with Gasteiger partial charge >= 0.3 is 5.63 Å². The second kappa shape index (κ2) is 4.64. The number of hydrogen-bond acceptors (Lipinski definition) is 3. The van der Waals surface area contributed by atoms with Gasteiger partial charge in [-0.25, -0.2) is 4.79 Å². The average molecular weight is 274 g/mol. The fourth-order valence-corrected chi connectivity index (χ4v) is 3.49. The SMILES string of the molecule is O=c1oc(CCC2CC2)cc(O)c1C(C1CC1)C1CC1. The Kier molecular flexibility index (Phi) is 2.90.